The minimum atomic E-state index is -3.67. The average Bonchev–Trinajstić information content (AvgIpc) is 2.88. The molecule has 0 aliphatic carbocycles. The predicted octanol–water partition coefficient (Wildman–Crippen LogP) is 3.40. The molecule has 0 atom stereocenters. The molecule has 3 rings (SSSR count). The average molecular weight is 412 g/mol. The maximum absolute atomic E-state index is 14.1. The molecule has 8 heteroatoms. The molecule has 24 heavy (non-hydrogen) atoms. The summed E-state index contributed by atoms with van der Waals surface area (Å²) in [5.41, 5.74) is 1.19. The molecule has 2 aromatic carbocycles. The second-order valence-electron chi connectivity index (χ2n) is 5.12. The Morgan fingerprint density at radius 3 is 2.38 bits per heavy atom. The largest absolute Gasteiger partial charge is 0.424 e. The molecule has 0 aliphatic rings. The van der Waals surface area contributed by atoms with Crippen LogP contribution in [0, 0.1) is 5.82 Å². The second-order valence-corrected chi connectivity index (χ2v) is 8.02. The lowest BCUT2D eigenvalue weighted by Gasteiger charge is -2.08. The van der Waals surface area contributed by atoms with Crippen LogP contribution in [0.2, 0.25) is 0 Å². The monoisotopic (exact) mass is 411 g/mol. The van der Waals surface area contributed by atoms with Gasteiger partial charge in [0.1, 0.15) is 17.0 Å². The molecule has 1 aromatic heterocycles. The van der Waals surface area contributed by atoms with E-state index in [1.807, 2.05) is 0 Å². The summed E-state index contributed by atoms with van der Waals surface area (Å²) in [6.45, 7) is 0. The predicted molar refractivity (Wildman–Crippen MR) is 90.5 cm³/mol. The molecule has 3 aromatic rings. The molecule has 0 radical (unpaired) electrons. The van der Waals surface area contributed by atoms with Crippen molar-refractivity contribution >= 4 is 25.8 Å². The van der Waals surface area contributed by atoms with Crippen molar-refractivity contribution in [3.63, 3.8) is 0 Å². The van der Waals surface area contributed by atoms with Gasteiger partial charge in [-0.3, -0.25) is 0 Å². The first-order valence-corrected chi connectivity index (χ1v) is 9.42. The number of hydrogen-bond donors (Lipinski definition) is 0. The molecule has 0 fully saturated rings. The number of benzene rings is 2. The van der Waals surface area contributed by atoms with E-state index in [2.05, 4.69) is 15.9 Å². The van der Waals surface area contributed by atoms with Crippen LogP contribution in [0.4, 0.5) is 4.39 Å². The molecule has 0 bridgehead atoms. The molecule has 0 spiro atoms. The lowest BCUT2D eigenvalue weighted by Crippen LogP contribution is -2.13. The molecule has 0 saturated heterocycles. The van der Waals surface area contributed by atoms with Crippen LogP contribution in [-0.2, 0) is 9.84 Å². The Morgan fingerprint density at radius 2 is 1.79 bits per heavy atom. The molecule has 0 unspecified atom stereocenters. The Kier molecular flexibility index (Phi) is 4.18. The third-order valence-corrected chi connectivity index (χ3v) is 5.07. The zero-order valence-electron chi connectivity index (χ0n) is 12.4. The number of halogens is 2. The van der Waals surface area contributed by atoms with Gasteiger partial charge in [0.15, 0.2) is 9.84 Å². The van der Waals surface area contributed by atoms with Crippen LogP contribution < -0.4 is 5.76 Å². The van der Waals surface area contributed by atoms with Crippen molar-refractivity contribution in [2.45, 2.75) is 4.90 Å². The Balaban J connectivity index is 2.17. The van der Waals surface area contributed by atoms with Gasteiger partial charge in [0.05, 0.1) is 11.4 Å². The zero-order chi connectivity index (χ0) is 17.5. The summed E-state index contributed by atoms with van der Waals surface area (Å²) in [5, 5.41) is 0. The van der Waals surface area contributed by atoms with Gasteiger partial charge in [0.2, 0.25) is 0 Å². The van der Waals surface area contributed by atoms with E-state index >= 15 is 0 Å². The van der Waals surface area contributed by atoms with Crippen LogP contribution in [0.3, 0.4) is 0 Å². The number of hydrogen-bond acceptors (Lipinski definition) is 4. The number of nitrogens with zero attached hydrogens (tertiary/aromatic N) is 1. The van der Waals surface area contributed by atoms with Gasteiger partial charge in [-0.2, -0.15) is 0 Å². The second kappa shape index (κ2) is 6.03. The first-order chi connectivity index (χ1) is 11.3. The molecule has 0 N–H and O–H groups in total. The Morgan fingerprint density at radius 1 is 1.12 bits per heavy atom. The fourth-order valence-electron chi connectivity index (χ4n) is 2.30. The Labute approximate surface area is 145 Å². The minimum absolute atomic E-state index is 0.321. The number of aromatic nitrogens is 1. The van der Waals surface area contributed by atoms with Gasteiger partial charge >= 0.3 is 5.76 Å². The molecular formula is C16H11BrFNO4S. The van der Waals surface area contributed by atoms with E-state index in [1.54, 1.807) is 24.3 Å². The smallest absolute Gasteiger partial charge is 0.415 e. The Bertz CT molecular complexity index is 1070. The number of sulfone groups is 1. The molecule has 124 valence electrons. The molecule has 0 saturated carbocycles. The Hall–Kier alpha value is -2.19. The molecule has 5 nitrogen and oxygen atoms in total. The first-order valence-electron chi connectivity index (χ1n) is 6.74. The molecular weight excluding hydrogens is 401 g/mol. The van der Waals surface area contributed by atoms with Crippen molar-refractivity contribution < 1.29 is 17.2 Å². The van der Waals surface area contributed by atoms with Crippen LogP contribution in [0.5, 0.6) is 0 Å². The van der Waals surface area contributed by atoms with Crippen LogP contribution in [0.15, 0.2) is 67.3 Å². The van der Waals surface area contributed by atoms with E-state index in [4.69, 9.17) is 4.42 Å². The maximum Gasteiger partial charge on any atom is 0.424 e. The third-order valence-electron chi connectivity index (χ3n) is 3.41. The van der Waals surface area contributed by atoms with Gasteiger partial charge < -0.3 is 4.42 Å². The van der Waals surface area contributed by atoms with Crippen molar-refractivity contribution in [2.24, 2.45) is 0 Å². The van der Waals surface area contributed by atoms with E-state index in [1.165, 1.54) is 23.0 Å². The van der Waals surface area contributed by atoms with Crippen molar-refractivity contribution in [3.8, 4) is 16.9 Å². The van der Waals surface area contributed by atoms with E-state index in [0.717, 1.165) is 16.8 Å². The summed E-state index contributed by atoms with van der Waals surface area (Å²) in [4.78, 5) is 11.6. The van der Waals surface area contributed by atoms with Crippen molar-refractivity contribution in [1.82, 2.24) is 4.57 Å². The summed E-state index contributed by atoms with van der Waals surface area (Å²) in [7, 11) is -3.67. The van der Waals surface area contributed by atoms with E-state index in [9.17, 15) is 17.6 Å². The minimum Gasteiger partial charge on any atom is -0.415 e. The van der Waals surface area contributed by atoms with Gasteiger partial charge in [0, 0.05) is 16.3 Å². The quantitative estimate of drug-likeness (QED) is 0.661. The van der Waals surface area contributed by atoms with Crippen molar-refractivity contribution in [1.29, 1.82) is 0 Å². The summed E-state index contributed by atoms with van der Waals surface area (Å²) in [6, 6.07) is 10.6. The number of rotatable bonds is 3. The topological polar surface area (TPSA) is 69.3 Å². The van der Waals surface area contributed by atoms with Crippen LogP contribution in [0.1, 0.15) is 0 Å². The third kappa shape index (κ3) is 3.07. The molecule has 0 aliphatic heterocycles. The van der Waals surface area contributed by atoms with Crippen LogP contribution >= 0.6 is 15.9 Å². The SMILES string of the molecule is CS(=O)(=O)c1ccc(-c2coc(=O)n2-c2ccc(Br)cc2)cc1F. The van der Waals surface area contributed by atoms with E-state index in [-0.39, 0.29) is 0 Å². The standard InChI is InChI=1S/C16H11BrFNO4S/c1-24(21,22)15-7-2-10(8-13(15)18)14-9-23-16(20)19(14)12-5-3-11(17)4-6-12/h2-9H,1H3. The van der Waals surface area contributed by atoms with Crippen molar-refractivity contribution in [2.75, 3.05) is 6.26 Å². The van der Waals surface area contributed by atoms with Gasteiger partial charge in [-0.25, -0.2) is 22.2 Å². The van der Waals surface area contributed by atoms with Gasteiger partial charge in [-0.05, 0) is 36.4 Å². The van der Waals surface area contributed by atoms with Crippen LogP contribution in [-0.4, -0.2) is 19.2 Å². The maximum atomic E-state index is 14.1. The lowest BCUT2D eigenvalue weighted by molar-refractivity contribution is 0.504. The fourth-order valence-corrected chi connectivity index (χ4v) is 3.30. The zero-order valence-corrected chi connectivity index (χ0v) is 14.8. The highest BCUT2D eigenvalue weighted by Gasteiger charge is 2.17. The highest BCUT2D eigenvalue weighted by Crippen LogP contribution is 2.26. The molecule has 0 amide bonds. The van der Waals surface area contributed by atoms with Crippen molar-refractivity contribution in [3.05, 3.63) is 69.6 Å². The van der Waals surface area contributed by atoms with Gasteiger partial charge in [0.25, 0.3) is 0 Å². The highest BCUT2D eigenvalue weighted by atomic mass is 79.9. The van der Waals surface area contributed by atoms with Gasteiger partial charge in [-0.1, -0.05) is 22.0 Å². The van der Waals surface area contributed by atoms with Gasteiger partial charge in [-0.15, -0.1) is 0 Å². The van der Waals surface area contributed by atoms with E-state index in [0.29, 0.717) is 16.9 Å². The summed E-state index contributed by atoms with van der Waals surface area (Å²) >= 11 is 3.31. The number of oxazole rings is 1. The first kappa shape index (κ1) is 16.7. The molecule has 1 heterocycles. The van der Waals surface area contributed by atoms with E-state index < -0.39 is 26.3 Å². The fraction of sp³-hybridized carbons (Fsp3) is 0.0625. The summed E-state index contributed by atoms with van der Waals surface area (Å²) < 4.78 is 44.2. The lowest BCUT2D eigenvalue weighted by atomic mass is 10.1. The highest BCUT2D eigenvalue weighted by molar-refractivity contribution is 9.10. The summed E-state index contributed by atoms with van der Waals surface area (Å²) in [6.07, 6.45) is 2.14. The summed E-state index contributed by atoms with van der Waals surface area (Å²) in [5.74, 6) is -1.51. The normalized spacial score (nSPS) is 11.6. The van der Waals surface area contributed by atoms with Crippen LogP contribution in [0.25, 0.3) is 16.9 Å².